The summed E-state index contributed by atoms with van der Waals surface area (Å²) in [6.07, 6.45) is 0.229. The van der Waals surface area contributed by atoms with E-state index < -0.39 is 12.6 Å². The van der Waals surface area contributed by atoms with Gasteiger partial charge in [0.05, 0.1) is 18.8 Å². The zero-order chi connectivity index (χ0) is 11.3. The summed E-state index contributed by atoms with van der Waals surface area (Å²) in [5.74, 6) is -0.451. The van der Waals surface area contributed by atoms with E-state index in [1.165, 1.54) is 0 Å². The van der Waals surface area contributed by atoms with E-state index in [-0.39, 0.29) is 13.0 Å². The fraction of sp³-hybridized carbons (Fsp3) is 0.364. The molecule has 0 aliphatic rings. The fourth-order valence-electron chi connectivity index (χ4n) is 1.17. The zero-order valence-corrected chi connectivity index (χ0v) is 8.63. The molecule has 0 bridgehead atoms. The number of carbonyl (C=O) groups excluding carboxylic acids is 1. The molecule has 15 heavy (non-hydrogen) atoms. The van der Waals surface area contributed by atoms with Crippen LogP contribution in [0.3, 0.4) is 0 Å². The van der Waals surface area contributed by atoms with Crippen molar-refractivity contribution in [2.75, 3.05) is 19.0 Å². The molecule has 82 valence electrons. The third kappa shape index (κ3) is 2.94. The van der Waals surface area contributed by atoms with Gasteiger partial charge in [0, 0.05) is 12.1 Å². The van der Waals surface area contributed by atoms with Gasteiger partial charge in [-0.3, -0.25) is 4.39 Å². The Kier molecular flexibility index (Phi) is 4.09. The quantitative estimate of drug-likeness (QED) is 0.471. The molecule has 0 amide bonds. The first-order valence-electron chi connectivity index (χ1n) is 4.75. The molecule has 0 saturated carbocycles. The van der Waals surface area contributed by atoms with Crippen LogP contribution in [0.5, 0.6) is 0 Å². The average Bonchev–Trinajstić information content (AvgIpc) is 2.22. The molecule has 0 radical (unpaired) electrons. The number of anilines is 1. The number of rotatable bonds is 4. The van der Waals surface area contributed by atoms with Gasteiger partial charge in [0.2, 0.25) is 0 Å². The summed E-state index contributed by atoms with van der Waals surface area (Å²) < 4.78 is 16.6. The molecular formula is C11H14FNO2. The molecule has 4 heteroatoms. The van der Waals surface area contributed by atoms with Gasteiger partial charge in [-0.15, -0.1) is 0 Å². The molecule has 0 heterocycles. The average molecular weight is 211 g/mol. The molecule has 0 saturated heterocycles. The Balaban J connectivity index is 2.69. The summed E-state index contributed by atoms with van der Waals surface area (Å²) in [6.45, 7) is 1.37. The van der Waals surface area contributed by atoms with Crippen LogP contribution in [0.1, 0.15) is 22.3 Å². The van der Waals surface area contributed by atoms with E-state index in [4.69, 9.17) is 10.5 Å². The van der Waals surface area contributed by atoms with Crippen LogP contribution in [0.4, 0.5) is 10.1 Å². The van der Waals surface area contributed by atoms with Gasteiger partial charge in [0.1, 0.15) is 0 Å². The molecule has 0 aliphatic heterocycles. The van der Waals surface area contributed by atoms with Crippen molar-refractivity contribution >= 4 is 11.7 Å². The van der Waals surface area contributed by atoms with Crippen LogP contribution in [-0.2, 0) is 4.74 Å². The molecule has 3 nitrogen and oxygen atoms in total. The molecule has 2 N–H and O–H groups in total. The number of nitrogen functional groups attached to an aromatic ring is 1. The Morgan fingerprint density at radius 3 is 2.93 bits per heavy atom. The highest BCUT2D eigenvalue weighted by molar-refractivity contribution is 5.92. The van der Waals surface area contributed by atoms with Gasteiger partial charge in [-0.25, -0.2) is 4.79 Å². The lowest BCUT2D eigenvalue weighted by molar-refractivity contribution is 0.0493. The van der Waals surface area contributed by atoms with Crippen molar-refractivity contribution < 1.29 is 13.9 Å². The predicted octanol–water partition coefficient (Wildman–Crippen LogP) is 2.09. The van der Waals surface area contributed by atoms with Crippen LogP contribution in [0.25, 0.3) is 0 Å². The van der Waals surface area contributed by atoms with Gasteiger partial charge >= 0.3 is 5.97 Å². The van der Waals surface area contributed by atoms with Crippen LogP contribution >= 0.6 is 0 Å². The van der Waals surface area contributed by atoms with E-state index in [0.717, 1.165) is 0 Å². The number of hydrogen-bond donors (Lipinski definition) is 1. The van der Waals surface area contributed by atoms with Crippen molar-refractivity contribution in [1.82, 2.24) is 0 Å². The normalized spacial score (nSPS) is 10.0. The Morgan fingerprint density at radius 2 is 2.27 bits per heavy atom. The number of ether oxygens (including phenoxy) is 1. The first kappa shape index (κ1) is 11.5. The summed E-state index contributed by atoms with van der Waals surface area (Å²) in [6, 6.07) is 5.05. The molecule has 1 aromatic rings. The van der Waals surface area contributed by atoms with Crippen molar-refractivity contribution in [3.63, 3.8) is 0 Å². The molecule has 1 aromatic carbocycles. The SMILES string of the molecule is Cc1c(N)cccc1C(=O)OCCCF. The second-order valence-electron chi connectivity index (χ2n) is 3.20. The van der Waals surface area contributed by atoms with Crippen LogP contribution < -0.4 is 5.73 Å². The first-order valence-corrected chi connectivity index (χ1v) is 4.75. The van der Waals surface area contributed by atoms with Crippen molar-refractivity contribution in [2.45, 2.75) is 13.3 Å². The van der Waals surface area contributed by atoms with E-state index in [1.54, 1.807) is 25.1 Å². The molecular weight excluding hydrogens is 197 g/mol. The van der Waals surface area contributed by atoms with Crippen molar-refractivity contribution in [3.05, 3.63) is 29.3 Å². The van der Waals surface area contributed by atoms with Gasteiger partial charge in [-0.05, 0) is 24.6 Å². The van der Waals surface area contributed by atoms with Crippen LogP contribution in [0.15, 0.2) is 18.2 Å². The summed E-state index contributed by atoms with van der Waals surface area (Å²) in [5, 5.41) is 0. The van der Waals surface area contributed by atoms with E-state index in [1.807, 2.05) is 0 Å². The Bertz CT molecular complexity index is 352. The number of hydrogen-bond acceptors (Lipinski definition) is 3. The maximum Gasteiger partial charge on any atom is 0.338 e. The minimum absolute atomic E-state index is 0.101. The predicted molar refractivity (Wildman–Crippen MR) is 56.5 cm³/mol. The highest BCUT2D eigenvalue weighted by atomic mass is 19.1. The van der Waals surface area contributed by atoms with Crippen molar-refractivity contribution in [1.29, 1.82) is 0 Å². The van der Waals surface area contributed by atoms with Gasteiger partial charge in [0.15, 0.2) is 0 Å². The molecule has 0 atom stereocenters. The third-order valence-electron chi connectivity index (χ3n) is 2.11. The molecule has 0 aromatic heterocycles. The fourth-order valence-corrected chi connectivity index (χ4v) is 1.17. The van der Waals surface area contributed by atoms with Gasteiger partial charge in [-0.2, -0.15) is 0 Å². The second kappa shape index (κ2) is 5.34. The smallest absolute Gasteiger partial charge is 0.338 e. The lowest BCUT2D eigenvalue weighted by Crippen LogP contribution is -2.09. The molecule has 1 rings (SSSR count). The van der Waals surface area contributed by atoms with Gasteiger partial charge in [-0.1, -0.05) is 6.07 Å². The maximum absolute atomic E-state index is 11.8. The number of nitrogens with two attached hydrogens (primary N) is 1. The number of benzene rings is 1. The highest BCUT2D eigenvalue weighted by Crippen LogP contribution is 2.16. The maximum atomic E-state index is 11.8. The topological polar surface area (TPSA) is 52.3 Å². The summed E-state index contributed by atoms with van der Waals surface area (Å²) in [7, 11) is 0. The molecule has 0 unspecified atom stereocenters. The highest BCUT2D eigenvalue weighted by Gasteiger charge is 2.11. The Morgan fingerprint density at radius 1 is 1.53 bits per heavy atom. The van der Waals surface area contributed by atoms with Crippen LogP contribution in [0.2, 0.25) is 0 Å². The minimum Gasteiger partial charge on any atom is -0.462 e. The lowest BCUT2D eigenvalue weighted by Gasteiger charge is -2.07. The summed E-state index contributed by atoms with van der Waals surface area (Å²) in [4.78, 5) is 11.5. The van der Waals surface area contributed by atoms with E-state index in [9.17, 15) is 9.18 Å². The zero-order valence-electron chi connectivity index (χ0n) is 8.63. The largest absolute Gasteiger partial charge is 0.462 e. The Hall–Kier alpha value is -1.58. The van der Waals surface area contributed by atoms with Gasteiger partial charge in [0.25, 0.3) is 0 Å². The second-order valence-corrected chi connectivity index (χ2v) is 3.20. The standard InChI is InChI=1S/C11H14FNO2/c1-8-9(4-2-5-10(8)13)11(14)15-7-3-6-12/h2,4-5H,3,6-7,13H2,1H3. The number of carbonyl (C=O) groups is 1. The van der Waals surface area contributed by atoms with E-state index >= 15 is 0 Å². The van der Waals surface area contributed by atoms with Crippen molar-refractivity contribution in [3.8, 4) is 0 Å². The first-order chi connectivity index (χ1) is 7.16. The van der Waals surface area contributed by atoms with E-state index in [2.05, 4.69) is 0 Å². The third-order valence-corrected chi connectivity index (χ3v) is 2.11. The number of alkyl halides is 1. The molecule has 0 fully saturated rings. The van der Waals surface area contributed by atoms with E-state index in [0.29, 0.717) is 16.8 Å². The van der Waals surface area contributed by atoms with Crippen molar-refractivity contribution in [2.24, 2.45) is 0 Å². The minimum atomic E-state index is -0.483. The Labute approximate surface area is 88.0 Å². The summed E-state index contributed by atoms with van der Waals surface area (Å²) >= 11 is 0. The van der Waals surface area contributed by atoms with Crippen LogP contribution in [-0.4, -0.2) is 19.3 Å². The van der Waals surface area contributed by atoms with Crippen LogP contribution in [0, 0.1) is 6.92 Å². The monoisotopic (exact) mass is 211 g/mol. The summed E-state index contributed by atoms with van der Waals surface area (Å²) in [5.41, 5.74) is 7.33. The molecule has 0 aliphatic carbocycles. The van der Waals surface area contributed by atoms with Gasteiger partial charge < -0.3 is 10.5 Å². The number of halogens is 1. The molecule has 0 spiro atoms. The number of esters is 1. The lowest BCUT2D eigenvalue weighted by atomic mass is 10.1.